The number of hydrogen-bond donors (Lipinski definition) is 2. The molecule has 21 heavy (non-hydrogen) atoms. The molecule has 116 valence electrons. The molecule has 1 amide bonds. The minimum absolute atomic E-state index is 0.101. The van der Waals surface area contributed by atoms with Crippen LogP contribution < -0.4 is 10.6 Å². The van der Waals surface area contributed by atoms with Crippen LogP contribution in [0.1, 0.15) is 49.7 Å². The first-order chi connectivity index (χ1) is 10.1. The summed E-state index contributed by atoms with van der Waals surface area (Å²) < 4.78 is 1.07. The number of amides is 1. The van der Waals surface area contributed by atoms with Crippen molar-refractivity contribution in [3.8, 4) is 0 Å². The normalized spacial score (nSPS) is 16.3. The second-order valence-corrected chi connectivity index (χ2v) is 6.94. The number of aryl methyl sites for hydroxylation is 2. The lowest BCUT2D eigenvalue weighted by atomic mass is 10.1. The van der Waals surface area contributed by atoms with E-state index < -0.39 is 0 Å². The largest absolute Gasteiger partial charge is 0.376 e. The van der Waals surface area contributed by atoms with Crippen LogP contribution in [0, 0.1) is 13.8 Å². The average Bonchev–Trinajstić information content (AvgIpc) is 2.66. The molecule has 0 atom stereocenters. The number of carbonyl (C=O) groups excluding carboxylic acids is 1. The zero-order valence-electron chi connectivity index (χ0n) is 13.0. The molecule has 0 saturated heterocycles. The van der Waals surface area contributed by atoms with Gasteiger partial charge >= 0.3 is 0 Å². The summed E-state index contributed by atoms with van der Waals surface area (Å²) in [6.45, 7) is 4.46. The number of halogens is 1. The summed E-state index contributed by atoms with van der Waals surface area (Å²) in [4.78, 5) is 12.1. The second kappa shape index (κ2) is 7.83. The molecule has 1 aromatic carbocycles. The van der Waals surface area contributed by atoms with E-state index in [0.29, 0.717) is 12.6 Å². The smallest absolute Gasteiger partial charge is 0.239 e. The zero-order valence-corrected chi connectivity index (χ0v) is 14.6. The summed E-state index contributed by atoms with van der Waals surface area (Å²) in [5.74, 6) is 0.101. The summed E-state index contributed by atoms with van der Waals surface area (Å²) in [6.07, 6.45) is 7.35. The highest BCUT2D eigenvalue weighted by Gasteiger charge is 2.14. The van der Waals surface area contributed by atoms with Gasteiger partial charge in [-0.05, 0) is 49.9 Å². The van der Waals surface area contributed by atoms with Gasteiger partial charge in [0, 0.05) is 16.2 Å². The third kappa shape index (κ3) is 5.03. The summed E-state index contributed by atoms with van der Waals surface area (Å²) in [7, 11) is 0. The maximum atomic E-state index is 12.1. The molecule has 0 heterocycles. The molecule has 0 spiro atoms. The third-order valence-corrected chi connectivity index (χ3v) is 4.60. The molecule has 2 rings (SSSR count). The first-order valence-electron chi connectivity index (χ1n) is 7.86. The van der Waals surface area contributed by atoms with Crippen molar-refractivity contribution >= 4 is 27.5 Å². The van der Waals surface area contributed by atoms with Gasteiger partial charge in [0.05, 0.1) is 6.54 Å². The number of nitrogens with one attached hydrogen (secondary N) is 2. The lowest BCUT2D eigenvalue weighted by molar-refractivity contribution is -0.120. The molecule has 2 N–H and O–H groups in total. The number of benzene rings is 1. The van der Waals surface area contributed by atoms with E-state index >= 15 is 0 Å². The van der Waals surface area contributed by atoms with Crippen LogP contribution >= 0.6 is 15.9 Å². The highest BCUT2D eigenvalue weighted by atomic mass is 79.9. The third-order valence-electron chi connectivity index (χ3n) is 4.14. The molecular weight excluding hydrogens is 328 g/mol. The molecule has 1 aromatic rings. The Labute approximate surface area is 136 Å². The van der Waals surface area contributed by atoms with Crippen molar-refractivity contribution in [2.45, 2.75) is 58.4 Å². The Balaban J connectivity index is 1.86. The van der Waals surface area contributed by atoms with Crippen molar-refractivity contribution in [2.24, 2.45) is 0 Å². The van der Waals surface area contributed by atoms with Crippen LogP contribution in [0.5, 0.6) is 0 Å². The van der Waals surface area contributed by atoms with E-state index in [0.717, 1.165) is 34.1 Å². The van der Waals surface area contributed by atoms with Gasteiger partial charge in [-0.1, -0.05) is 41.6 Å². The minimum atomic E-state index is 0.101. The summed E-state index contributed by atoms with van der Waals surface area (Å²) in [5.41, 5.74) is 3.38. The molecule has 4 heteroatoms. The van der Waals surface area contributed by atoms with E-state index in [-0.39, 0.29) is 5.91 Å². The van der Waals surface area contributed by atoms with Gasteiger partial charge in [0.15, 0.2) is 0 Å². The number of anilines is 1. The Morgan fingerprint density at radius 2 is 1.71 bits per heavy atom. The predicted molar refractivity (Wildman–Crippen MR) is 91.7 cm³/mol. The number of hydrogen-bond acceptors (Lipinski definition) is 2. The summed E-state index contributed by atoms with van der Waals surface area (Å²) >= 11 is 3.49. The first kappa shape index (κ1) is 16.3. The molecule has 1 fully saturated rings. The maximum Gasteiger partial charge on any atom is 0.239 e. The molecule has 0 aliphatic heterocycles. The van der Waals surface area contributed by atoms with Gasteiger partial charge in [-0.15, -0.1) is 0 Å². The number of carbonyl (C=O) groups is 1. The molecule has 0 unspecified atom stereocenters. The van der Waals surface area contributed by atoms with Crippen LogP contribution in [0.25, 0.3) is 0 Å². The summed E-state index contributed by atoms with van der Waals surface area (Å²) in [6, 6.07) is 4.51. The van der Waals surface area contributed by atoms with E-state index in [1.165, 1.54) is 25.7 Å². The van der Waals surface area contributed by atoms with Crippen LogP contribution in [-0.4, -0.2) is 18.5 Å². The maximum absolute atomic E-state index is 12.1. The summed E-state index contributed by atoms with van der Waals surface area (Å²) in [5, 5.41) is 6.45. The fraction of sp³-hybridized carbons (Fsp3) is 0.588. The highest BCUT2D eigenvalue weighted by molar-refractivity contribution is 9.10. The lowest BCUT2D eigenvalue weighted by Gasteiger charge is -2.18. The molecule has 1 aliphatic rings. The van der Waals surface area contributed by atoms with Crippen LogP contribution in [0.2, 0.25) is 0 Å². The molecule has 0 bridgehead atoms. The molecule has 0 aromatic heterocycles. The predicted octanol–water partition coefficient (Wildman–Crippen LogP) is 4.32. The fourth-order valence-electron chi connectivity index (χ4n) is 3.06. The monoisotopic (exact) mass is 352 g/mol. The van der Waals surface area contributed by atoms with Gasteiger partial charge in [0.2, 0.25) is 5.91 Å². The average molecular weight is 353 g/mol. The van der Waals surface area contributed by atoms with Crippen molar-refractivity contribution < 1.29 is 4.79 Å². The van der Waals surface area contributed by atoms with Crippen LogP contribution in [0.15, 0.2) is 16.6 Å². The second-order valence-electron chi connectivity index (χ2n) is 6.02. The Kier molecular flexibility index (Phi) is 6.09. The zero-order chi connectivity index (χ0) is 15.2. The van der Waals surface area contributed by atoms with E-state index in [9.17, 15) is 4.79 Å². The topological polar surface area (TPSA) is 41.1 Å². The van der Waals surface area contributed by atoms with Crippen LogP contribution in [0.4, 0.5) is 5.69 Å². The standard InChI is InChI=1S/C17H25BrN2O/c1-12-9-14(18)10-13(2)17(12)19-11-16(21)20-15-7-5-3-4-6-8-15/h9-10,15,19H,3-8,11H2,1-2H3,(H,20,21). The Bertz CT molecular complexity index is 471. The van der Waals surface area contributed by atoms with Gasteiger partial charge in [-0.2, -0.15) is 0 Å². The van der Waals surface area contributed by atoms with Crippen LogP contribution in [-0.2, 0) is 4.79 Å². The first-order valence-corrected chi connectivity index (χ1v) is 8.65. The Morgan fingerprint density at radius 3 is 2.29 bits per heavy atom. The molecular formula is C17H25BrN2O. The van der Waals surface area contributed by atoms with Crippen molar-refractivity contribution in [3.05, 3.63) is 27.7 Å². The lowest BCUT2D eigenvalue weighted by Crippen LogP contribution is -2.38. The molecule has 1 aliphatic carbocycles. The van der Waals surface area contributed by atoms with E-state index in [1.807, 2.05) is 0 Å². The van der Waals surface area contributed by atoms with Gasteiger partial charge in [-0.25, -0.2) is 0 Å². The van der Waals surface area contributed by atoms with Gasteiger partial charge in [0.25, 0.3) is 0 Å². The van der Waals surface area contributed by atoms with Crippen molar-refractivity contribution in [1.82, 2.24) is 5.32 Å². The van der Waals surface area contributed by atoms with E-state index in [1.54, 1.807) is 0 Å². The fourth-order valence-corrected chi connectivity index (χ4v) is 3.75. The molecule has 1 saturated carbocycles. The Hall–Kier alpha value is -1.03. The van der Waals surface area contributed by atoms with Crippen molar-refractivity contribution in [1.29, 1.82) is 0 Å². The highest BCUT2D eigenvalue weighted by Crippen LogP contribution is 2.24. The SMILES string of the molecule is Cc1cc(Br)cc(C)c1NCC(=O)NC1CCCCCC1. The van der Waals surface area contributed by atoms with E-state index in [2.05, 4.69) is 52.5 Å². The Morgan fingerprint density at radius 1 is 1.14 bits per heavy atom. The van der Waals surface area contributed by atoms with Gasteiger partial charge < -0.3 is 10.6 Å². The van der Waals surface area contributed by atoms with Crippen LogP contribution in [0.3, 0.4) is 0 Å². The molecule has 0 radical (unpaired) electrons. The molecule has 3 nitrogen and oxygen atoms in total. The minimum Gasteiger partial charge on any atom is -0.376 e. The van der Waals surface area contributed by atoms with Gasteiger partial charge in [-0.3, -0.25) is 4.79 Å². The van der Waals surface area contributed by atoms with Gasteiger partial charge in [0.1, 0.15) is 0 Å². The van der Waals surface area contributed by atoms with Crippen molar-refractivity contribution in [3.63, 3.8) is 0 Å². The number of rotatable bonds is 4. The van der Waals surface area contributed by atoms with Crippen molar-refractivity contribution in [2.75, 3.05) is 11.9 Å². The quantitative estimate of drug-likeness (QED) is 0.792. The van der Waals surface area contributed by atoms with E-state index in [4.69, 9.17) is 0 Å².